The minimum atomic E-state index is -0.372. The van der Waals surface area contributed by atoms with Gasteiger partial charge in [0.15, 0.2) is 0 Å². The summed E-state index contributed by atoms with van der Waals surface area (Å²) in [5.41, 5.74) is 13.5. The zero-order valence-corrected chi connectivity index (χ0v) is 22.2. The average Bonchev–Trinajstić information content (AvgIpc) is 3.61. The minimum Gasteiger partial charge on any atom is -0.456 e. The summed E-state index contributed by atoms with van der Waals surface area (Å²) in [6.07, 6.45) is 0. The van der Waals surface area contributed by atoms with Gasteiger partial charge in [-0.3, -0.25) is 0 Å². The minimum absolute atomic E-state index is 0.372. The Morgan fingerprint density at radius 3 is 1.85 bits per heavy atom. The van der Waals surface area contributed by atoms with Gasteiger partial charge in [-0.25, -0.2) is 0 Å². The summed E-state index contributed by atoms with van der Waals surface area (Å²) < 4.78 is 6.19. The summed E-state index contributed by atoms with van der Waals surface area (Å²) in [6.45, 7) is 0. The van der Waals surface area contributed by atoms with Gasteiger partial charge in [0.1, 0.15) is 11.2 Å². The standard InChI is InChI=1S/C37H22ClNO/c38-31-20-26-24-12-4-8-19-34(24)40-35(26)21-33(31)39-32-18-9-17-30-36(32)25-13-3-7-16-29(25)37(30)27-14-5-1-10-22(27)23-11-2-6-15-28(23)37/h1-21,39H. The number of hydrogen-bond donors (Lipinski definition) is 1. The SMILES string of the molecule is Clc1cc2c(cc1Nc1cccc3c1-c1ccccc1C31c3ccccc3-c3ccccc31)oc1ccccc12. The van der Waals surface area contributed by atoms with Crippen LogP contribution < -0.4 is 5.32 Å². The Kier molecular flexibility index (Phi) is 4.35. The highest BCUT2D eigenvalue weighted by molar-refractivity contribution is 6.34. The highest BCUT2D eigenvalue weighted by atomic mass is 35.5. The third-order valence-corrected chi connectivity index (χ3v) is 9.07. The van der Waals surface area contributed by atoms with E-state index >= 15 is 0 Å². The molecule has 0 radical (unpaired) electrons. The van der Waals surface area contributed by atoms with Crippen molar-refractivity contribution in [3.05, 3.63) is 155 Å². The van der Waals surface area contributed by atoms with Crippen LogP contribution in [0.3, 0.4) is 0 Å². The molecule has 0 aliphatic heterocycles. The van der Waals surface area contributed by atoms with Gasteiger partial charge in [0.2, 0.25) is 0 Å². The molecule has 0 unspecified atom stereocenters. The first-order chi connectivity index (χ1) is 19.7. The second kappa shape index (κ2) is 7.88. The normalized spacial score (nSPS) is 13.8. The molecule has 1 spiro atoms. The van der Waals surface area contributed by atoms with Gasteiger partial charge in [-0.15, -0.1) is 0 Å². The summed E-state index contributed by atoms with van der Waals surface area (Å²) in [5, 5.41) is 6.47. The molecule has 0 saturated heterocycles. The second-order valence-electron chi connectivity index (χ2n) is 10.7. The van der Waals surface area contributed by atoms with Crippen molar-refractivity contribution in [3.63, 3.8) is 0 Å². The van der Waals surface area contributed by atoms with Gasteiger partial charge in [0.05, 0.1) is 16.1 Å². The van der Waals surface area contributed by atoms with E-state index in [0.717, 1.165) is 33.3 Å². The van der Waals surface area contributed by atoms with Crippen LogP contribution in [-0.4, -0.2) is 0 Å². The maximum Gasteiger partial charge on any atom is 0.137 e. The van der Waals surface area contributed by atoms with E-state index in [4.69, 9.17) is 16.0 Å². The molecule has 0 amide bonds. The van der Waals surface area contributed by atoms with Crippen LogP contribution in [0.1, 0.15) is 22.3 Å². The molecule has 2 aliphatic rings. The fourth-order valence-electron chi connectivity index (χ4n) is 7.23. The van der Waals surface area contributed by atoms with Crippen LogP contribution in [0.15, 0.2) is 132 Å². The average molecular weight is 532 g/mol. The van der Waals surface area contributed by atoms with Gasteiger partial charge < -0.3 is 9.73 Å². The molecular formula is C37H22ClNO. The summed E-state index contributed by atoms with van der Waals surface area (Å²) in [6, 6.07) is 45.3. The molecule has 9 rings (SSSR count). The van der Waals surface area contributed by atoms with Gasteiger partial charge in [-0.1, -0.05) is 115 Å². The number of fused-ring (bicyclic) bond motifs is 13. The number of para-hydroxylation sites is 1. The van der Waals surface area contributed by atoms with E-state index in [1.54, 1.807) is 0 Å². The number of rotatable bonds is 2. The number of hydrogen-bond acceptors (Lipinski definition) is 2. The Bertz CT molecular complexity index is 2130. The maximum atomic E-state index is 6.91. The Labute approximate surface area is 236 Å². The topological polar surface area (TPSA) is 25.2 Å². The van der Waals surface area contributed by atoms with Gasteiger partial charge in [-0.2, -0.15) is 0 Å². The van der Waals surface area contributed by atoms with Gasteiger partial charge in [0.25, 0.3) is 0 Å². The van der Waals surface area contributed by atoms with Gasteiger partial charge in [0, 0.05) is 28.1 Å². The predicted molar refractivity (Wildman–Crippen MR) is 165 cm³/mol. The van der Waals surface area contributed by atoms with Crippen molar-refractivity contribution in [1.29, 1.82) is 0 Å². The molecule has 0 bridgehead atoms. The van der Waals surface area contributed by atoms with Crippen LogP contribution in [0.25, 0.3) is 44.2 Å². The first-order valence-corrected chi connectivity index (χ1v) is 13.9. The molecule has 2 aliphatic carbocycles. The quantitative estimate of drug-likeness (QED) is 0.240. The molecule has 40 heavy (non-hydrogen) atoms. The van der Waals surface area contributed by atoms with E-state index in [9.17, 15) is 0 Å². The number of anilines is 2. The smallest absolute Gasteiger partial charge is 0.137 e. The molecule has 1 heterocycles. The van der Waals surface area contributed by atoms with Crippen LogP contribution in [0.2, 0.25) is 5.02 Å². The molecule has 7 aromatic rings. The Morgan fingerprint density at radius 1 is 0.500 bits per heavy atom. The van der Waals surface area contributed by atoms with Crippen molar-refractivity contribution < 1.29 is 4.42 Å². The second-order valence-corrected chi connectivity index (χ2v) is 11.1. The molecule has 1 aromatic heterocycles. The first-order valence-electron chi connectivity index (χ1n) is 13.6. The molecule has 0 fully saturated rings. The zero-order valence-electron chi connectivity index (χ0n) is 21.4. The van der Waals surface area contributed by atoms with Crippen molar-refractivity contribution in [2.45, 2.75) is 5.41 Å². The summed E-state index contributed by atoms with van der Waals surface area (Å²) in [4.78, 5) is 0. The molecular weight excluding hydrogens is 510 g/mol. The predicted octanol–water partition coefficient (Wildman–Crippen LogP) is 10.3. The number of halogens is 1. The van der Waals surface area contributed by atoms with Crippen molar-refractivity contribution in [2.24, 2.45) is 0 Å². The first kappa shape index (κ1) is 22.1. The van der Waals surface area contributed by atoms with Crippen LogP contribution >= 0.6 is 11.6 Å². The Morgan fingerprint density at radius 2 is 1.10 bits per heavy atom. The number of furan rings is 1. The lowest BCUT2D eigenvalue weighted by atomic mass is 9.70. The van der Waals surface area contributed by atoms with Crippen molar-refractivity contribution >= 4 is 44.9 Å². The Hall–Kier alpha value is -4.79. The molecule has 3 heteroatoms. The lowest BCUT2D eigenvalue weighted by Crippen LogP contribution is -2.25. The van der Waals surface area contributed by atoms with E-state index < -0.39 is 0 Å². The summed E-state index contributed by atoms with van der Waals surface area (Å²) >= 11 is 6.91. The fourth-order valence-corrected chi connectivity index (χ4v) is 7.44. The van der Waals surface area contributed by atoms with Crippen LogP contribution in [0, 0.1) is 0 Å². The third kappa shape index (κ3) is 2.69. The van der Waals surface area contributed by atoms with E-state index in [2.05, 4.69) is 102 Å². The van der Waals surface area contributed by atoms with E-state index in [1.807, 2.05) is 30.3 Å². The monoisotopic (exact) mass is 531 g/mol. The van der Waals surface area contributed by atoms with Crippen LogP contribution in [-0.2, 0) is 5.41 Å². The van der Waals surface area contributed by atoms with Crippen LogP contribution in [0.5, 0.6) is 0 Å². The molecule has 6 aromatic carbocycles. The lowest BCUT2D eigenvalue weighted by Gasteiger charge is -2.30. The highest BCUT2D eigenvalue weighted by Gasteiger charge is 2.51. The molecule has 0 saturated carbocycles. The zero-order chi connectivity index (χ0) is 26.4. The van der Waals surface area contributed by atoms with E-state index in [0.29, 0.717) is 5.02 Å². The van der Waals surface area contributed by atoms with E-state index in [1.165, 1.54) is 44.5 Å². The largest absolute Gasteiger partial charge is 0.456 e. The summed E-state index contributed by atoms with van der Waals surface area (Å²) in [7, 11) is 0. The van der Waals surface area contributed by atoms with Crippen molar-refractivity contribution in [2.75, 3.05) is 5.32 Å². The highest BCUT2D eigenvalue weighted by Crippen LogP contribution is 2.63. The molecule has 2 nitrogen and oxygen atoms in total. The van der Waals surface area contributed by atoms with Gasteiger partial charge >= 0.3 is 0 Å². The number of nitrogens with one attached hydrogen (secondary N) is 1. The molecule has 0 atom stereocenters. The molecule has 188 valence electrons. The summed E-state index contributed by atoms with van der Waals surface area (Å²) in [5.74, 6) is 0. The van der Waals surface area contributed by atoms with E-state index in [-0.39, 0.29) is 5.41 Å². The molecule has 1 N–H and O–H groups in total. The maximum absolute atomic E-state index is 6.91. The van der Waals surface area contributed by atoms with Crippen molar-refractivity contribution in [3.8, 4) is 22.3 Å². The Balaban J connectivity index is 1.30. The lowest BCUT2D eigenvalue weighted by molar-refractivity contribution is 0.669. The van der Waals surface area contributed by atoms with Crippen molar-refractivity contribution in [1.82, 2.24) is 0 Å². The van der Waals surface area contributed by atoms with Crippen LogP contribution in [0.4, 0.5) is 11.4 Å². The fraction of sp³-hybridized carbons (Fsp3) is 0.0270. The van der Waals surface area contributed by atoms with Gasteiger partial charge in [-0.05, 0) is 57.1 Å². The number of benzene rings is 6. The third-order valence-electron chi connectivity index (χ3n) is 8.76.